The monoisotopic (exact) mass is 260 g/mol. The molecule has 3 rings (SSSR count). The Bertz CT molecular complexity index is 554. The molecule has 0 saturated heterocycles. The number of benzene rings is 1. The van der Waals surface area contributed by atoms with E-state index < -0.39 is 0 Å². The topological polar surface area (TPSA) is 66.8 Å². The molecule has 1 aromatic rings. The lowest BCUT2D eigenvalue weighted by Crippen LogP contribution is -2.07. The van der Waals surface area contributed by atoms with Gasteiger partial charge in [0.15, 0.2) is 5.76 Å². The molecule has 1 saturated carbocycles. The SMILES string of the molecule is O=C1/C(=C/C2CCCCC2)Oc2cc(O)cc(O)c21. The third-order valence-electron chi connectivity index (χ3n) is 3.77. The fourth-order valence-electron chi connectivity index (χ4n) is 2.81. The van der Waals surface area contributed by atoms with Crippen molar-refractivity contribution in [2.75, 3.05) is 0 Å². The van der Waals surface area contributed by atoms with E-state index in [-0.39, 0.29) is 34.4 Å². The zero-order valence-corrected chi connectivity index (χ0v) is 10.6. The lowest BCUT2D eigenvalue weighted by atomic mass is 9.88. The smallest absolute Gasteiger partial charge is 0.235 e. The van der Waals surface area contributed by atoms with E-state index in [0.717, 1.165) is 18.9 Å². The molecule has 19 heavy (non-hydrogen) atoms. The van der Waals surface area contributed by atoms with Gasteiger partial charge in [-0.25, -0.2) is 0 Å². The van der Waals surface area contributed by atoms with Crippen molar-refractivity contribution in [1.82, 2.24) is 0 Å². The van der Waals surface area contributed by atoms with Gasteiger partial charge in [0.1, 0.15) is 22.8 Å². The average molecular weight is 260 g/mol. The van der Waals surface area contributed by atoms with Crippen molar-refractivity contribution in [3.8, 4) is 17.2 Å². The summed E-state index contributed by atoms with van der Waals surface area (Å²) in [6, 6.07) is 2.51. The summed E-state index contributed by atoms with van der Waals surface area (Å²) >= 11 is 0. The van der Waals surface area contributed by atoms with Gasteiger partial charge in [-0.05, 0) is 24.8 Å². The number of Topliss-reactive ketones (excluding diaryl/α,β-unsaturated/α-hetero) is 1. The molecule has 1 aliphatic heterocycles. The number of aromatic hydroxyl groups is 2. The Balaban J connectivity index is 1.90. The maximum absolute atomic E-state index is 12.2. The Hall–Kier alpha value is -1.97. The van der Waals surface area contributed by atoms with Gasteiger partial charge >= 0.3 is 0 Å². The molecule has 0 spiro atoms. The first kappa shape index (κ1) is 12.1. The van der Waals surface area contributed by atoms with Crippen LogP contribution in [-0.2, 0) is 0 Å². The molecule has 1 heterocycles. The number of ketones is 1. The number of hydrogen-bond donors (Lipinski definition) is 2. The van der Waals surface area contributed by atoms with Crippen LogP contribution in [0.5, 0.6) is 17.2 Å². The Kier molecular flexibility index (Phi) is 2.93. The summed E-state index contributed by atoms with van der Waals surface area (Å²) < 4.78 is 5.48. The van der Waals surface area contributed by atoms with Crippen molar-refractivity contribution in [3.63, 3.8) is 0 Å². The zero-order chi connectivity index (χ0) is 13.4. The number of ether oxygens (including phenoxy) is 1. The molecule has 1 fully saturated rings. The van der Waals surface area contributed by atoms with E-state index in [2.05, 4.69) is 0 Å². The first-order valence-electron chi connectivity index (χ1n) is 6.65. The van der Waals surface area contributed by atoms with Crippen LogP contribution in [0.4, 0.5) is 0 Å². The number of fused-ring (bicyclic) bond motifs is 1. The van der Waals surface area contributed by atoms with Crippen molar-refractivity contribution in [3.05, 3.63) is 29.5 Å². The van der Waals surface area contributed by atoms with Crippen molar-refractivity contribution in [1.29, 1.82) is 0 Å². The van der Waals surface area contributed by atoms with E-state index in [4.69, 9.17) is 4.74 Å². The van der Waals surface area contributed by atoms with E-state index in [0.29, 0.717) is 5.92 Å². The highest BCUT2D eigenvalue weighted by Crippen LogP contribution is 2.41. The summed E-state index contributed by atoms with van der Waals surface area (Å²) in [5.74, 6) is 0.262. The fraction of sp³-hybridized carbons (Fsp3) is 0.400. The molecule has 2 N–H and O–H groups in total. The second kappa shape index (κ2) is 4.61. The lowest BCUT2D eigenvalue weighted by molar-refractivity contribution is 0.101. The van der Waals surface area contributed by atoms with Gasteiger partial charge in [0, 0.05) is 12.1 Å². The second-order valence-corrected chi connectivity index (χ2v) is 5.20. The van der Waals surface area contributed by atoms with Crippen molar-refractivity contribution in [2.24, 2.45) is 5.92 Å². The second-order valence-electron chi connectivity index (χ2n) is 5.20. The molecule has 4 nitrogen and oxygen atoms in total. The van der Waals surface area contributed by atoms with Crippen LogP contribution in [-0.4, -0.2) is 16.0 Å². The minimum Gasteiger partial charge on any atom is -0.508 e. The zero-order valence-electron chi connectivity index (χ0n) is 10.6. The summed E-state index contributed by atoms with van der Waals surface area (Å²) in [4.78, 5) is 12.2. The maximum atomic E-state index is 12.2. The average Bonchev–Trinajstić information content (AvgIpc) is 2.67. The largest absolute Gasteiger partial charge is 0.508 e. The van der Waals surface area contributed by atoms with E-state index in [9.17, 15) is 15.0 Å². The van der Waals surface area contributed by atoms with E-state index in [1.807, 2.05) is 6.08 Å². The number of phenols is 2. The molecule has 1 aliphatic carbocycles. The molecule has 100 valence electrons. The van der Waals surface area contributed by atoms with Gasteiger partial charge in [0.2, 0.25) is 5.78 Å². The molecular weight excluding hydrogens is 244 g/mol. The number of rotatable bonds is 1. The molecule has 0 bridgehead atoms. The number of carbonyl (C=O) groups is 1. The molecule has 0 atom stereocenters. The normalized spacial score (nSPS) is 21.5. The van der Waals surface area contributed by atoms with Crippen LogP contribution in [0.3, 0.4) is 0 Å². The summed E-state index contributed by atoms with van der Waals surface area (Å²) in [5, 5.41) is 19.1. The van der Waals surface area contributed by atoms with Crippen molar-refractivity contribution < 1.29 is 19.7 Å². The van der Waals surface area contributed by atoms with E-state index >= 15 is 0 Å². The Morgan fingerprint density at radius 3 is 2.63 bits per heavy atom. The first-order chi connectivity index (χ1) is 9.15. The molecule has 0 radical (unpaired) electrons. The van der Waals surface area contributed by atoms with E-state index in [1.54, 1.807) is 0 Å². The Morgan fingerprint density at radius 1 is 1.16 bits per heavy atom. The maximum Gasteiger partial charge on any atom is 0.235 e. The minimum atomic E-state index is -0.293. The van der Waals surface area contributed by atoms with E-state index in [1.165, 1.54) is 25.3 Å². The van der Waals surface area contributed by atoms with Gasteiger partial charge in [0.05, 0.1) is 0 Å². The van der Waals surface area contributed by atoms with Gasteiger partial charge in [0.25, 0.3) is 0 Å². The number of allylic oxidation sites excluding steroid dienone is 2. The van der Waals surface area contributed by atoms with Crippen molar-refractivity contribution >= 4 is 5.78 Å². The summed E-state index contributed by atoms with van der Waals surface area (Å²) in [6.07, 6.45) is 7.64. The number of hydrogen-bond acceptors (Lipinski definition) is 4. The van der Waals surface area contributed by atoms with Crippen LogP contribution in [0.25, 0.3) is 0 Å². The van der Waals surface area contributed by atoms with Gasteiger partial charge in [-0.3, -0.25) is 4.79 Å². The Labute approximate surface area is 111 Å². The first-order valence-corrected chi connectivity index (χ1v) is 6.65. The predicted octanol–water partition coefficient (Wildman–Crippen LogP) is 3.14. The highest BCUT2D eigenvalue weighted by molar-refractivity contribution is 6.14. The van der Waals surface area contributed by atoms with Gasteiger partial charge < -0.3 is 14.9 Å². The number of carbonyl (C=O) groups excluding carboxylic acids is 1. The summed E-state index contributed by atoms with van der Waals surface area (Å²) in [6.45, 7) is 0. The van der Waals surface area contributed by atoms with Crippen LogP contribution in [0.15, 0.2) is 24.0 Å². The molecular formula is C15H16O4. The third-order valence-corrected chi connectivity index (χ3v) is 3.77. The highest BCUT2D eigenvalue weighted by Gasteiger charge is 2.32. The predicted molar refractivity (Wildman–Crippen MR) is 69.4 cm³/mol. The molecule has 0 unspecified atom stereocenters. The van der Waals surface area contributed by atoms with Crippen LogP contribution in [0, 0.1) is 5.92 Å². The van der Waals surface area contributed by atoms with Gasteiger partial charge in [-0.2, -0.15) is 0 Å². The highest BCUT2D eigenvalue weighted by atomic mass is 16.5. The van der Waals surface area contributed by atoms with Gasteiger partial charge in [-0.1, -0.05) is 19.3 Å². The summed E-state index contributed by atoms with van der Waals surface area (Å²) in [7, 11) is 0. The Morgan fingerprint density at radius 2 is 1.89 bits per heavy atom. The number of phenolic OH excluding ortho intramolecular Hbond substituents is 2. The fourth-order valence-corrected chi connectivity index (χ4v) is 2.81. The van der Waals surface area contributed by atoms with Crippen LogP contribution in [0.2, 0.25) is 0 Å². The molecule has 1 aromatic carbocycles. The van der Waals surface area contributed by atoms with Gasteiger partial charge in [-0.15, -0.1) is 0 Å². The lowest BCUT2D eigenvalue weighted by Gasteiger charge is -2.18. The molecule has 2 aliphatic rings. The third kappa shape index (κ3) is 2.18. The molecule has 0 amide bonds. The minimum absolute atomic E-state index is 0.108. The quantitative estimate of drug-likeness (QED) is 0.761. The van der Waals surface area contributed by atoms with Crippen LogP contribution in [0.1, 0.15) is 42.5 Å². The standard InChI is InChI=1S/C15H16O4/c16-10-7-11(17)14-12(8-10)19-13(15(14)18)6-9-4-2-1-3-5-9/h6-9,16-17H,1-5H2/b13-6-. The molecule has 0 aromatic heterocycles. The van der Waals surface area contributed by atoms with Crippen LogP contribution < -0.4 is 4.74 Å². The molecule has 4 heteroatoms. The van der Waals surface area contributed by atoms with Crippen LogP contribution >= 0.6 is 0 Å². The summed E-state index contributed by atoms with van der Waals surface area (Å²) in [5.41, 5.74) is 0.153. The van der Waals surface area contributed by atoms with Crippen molar-refractivity contribution in [2.45, 2.75) is 32.1 Å².